The standard InChI is InChI=1S/C20H19N3O3S/c1-15-4-6-18(7-5-15)27(25,26)19(17-3-2-10-22-13-17)14-23-20(24)16-8-11-21-12-9-16/h2-13,19H,14H2,1H3,(H,23,24)/t19-/m0/s1. The zero-order valence-corrected chi connectivity index (χ0v) is 15.6. The van der Waals surface area contributed by atoms with Gasteiger partial charge in [-0.3, -0.25) is 14.8 Å². The number of carbonyl (C=O) groups excluding carboxylic acids is 1. The van der Waals surface area contributed by atoms with Crippen LogP contribution < -0.4 is 5.32 Å². The molecule has 1 atom stereocenters. The smallest absolute Gasteiger partial charge is 0.251 e. The Bertz CT molecular complexity index is 1010. The minimum absolute atomic E-state index is 0.0664. The van der Waals surface area contributed by atoms with Crippen LogP contribution in [0.1, 0.15) is 26.7 Å². The maximum absolute atomic E-state index is 13.2. The van der Waals surface area contributed by atoms with Crippen LogP contribution in [0.15, 0.2) is 78.2 Å². The van der Waals surface area contributed by atoms with Crippen molar-refractivity contribution in [1.82, 2.24) is 15.3 Å². The summed E-state index contributed by atoms with van der Waals surface area (Å²) in [4.78, 5) is 20.4. The summed E-state index contributed by atoms with van der Waals surface area (Å²) in [5.74, 6) is -0.356. The van der Waals surface area contributed by atoms with E-state index in [2.05, 4.69) is 15.3 Å². The Labute approximate surface area is 158 Å². The van der Waals surface area contributed by atoms with E-state index in [-0.39, 0.29) is 17.3 Å². The van der Waals surface area contributed by atoms with Crippen molar-refractivity contribution < 1.29 is 13.2 Å². The van der Waals surface area contributed by atoms with Crippen molar-refractivity contribution in [3.8, 4) is 0 Å². The lowest BCUT2D eigenvalue weighted by Gasteiger charge is -2.19. The van der Waals surface area contributed by atoms with Gasteiger partial charge in [0.2, 0.25) is 0 Å². The molecule has 0 radical (unpaired) electrons. The first kappa shape index (κ1) is 18.7. The number of nitrogens with zero attached hydrogens (tertiary/aromatic N) is 2. The van der Waals surface area contributed by atoms with Gasteiger partial charge in [-0.25, -0.2) is 8.42 Å². The molecule has 0 saturated heterocycles. The molecule has 0 aliphatic rings. The molecule has 27 heavy (non-hydrogen) atoms. The quantitative estimate of drug-likeness (QED) is 0.709. The monoisotopic (exact) mass is 381 g/mol. The van der Waals surface area contributed by atoms with Crippen LogP contribution in [0.2, 0.25) is 0 Å². The summed E-state index contributed by atoms with van der Waals surface area (Å²) in [6.45, 7) is 1.83. The number of rotatable bonds is 6. The number of aromatic nitrogens is 2. The number of hydrogen-bond donors (Lipinski definition) is 1. The van der Waals surface area contributed by atoms with Gasteiger partial charge < -0.3 is 5.32 Å². The zero-order chi connectivity index (χ0) is 19.3. The molecule has 2 aromatic heterocycles. The van der Waals surface area contributed by atoms with Crippen molar-refractivity contribution in [2.75, 3.05) is 6.54 Å². The van der Waals surface area contributed by atoms with E-state index in [0.717, 1.165) is 5.56 Å². The number of nitrogens with one attached hydrogen (secondary N) is 1. The van der Waals surface area contributed by atoms with Crippen LogP contribution in [0.5, 0.6) is 0 Å². The third-order valence-corrected chi connectivity index (χ3v) is 6.29. The first-order chi connectivity index (χ1) is 13.0. The molecule has 138 valence electrons. The molecule has 3 aromatic rings. The first-order valence-corrected chi connectivity index (χ1v) is 9.92. The number of sulfone groups is 1. The maximum Gasteiger partial charge on any atom is 0.251 e. The number of amides is 1. The lowest BCUT2D eigenvalue weighted by Crippen LogP contribution is -2.32. The Hall–Kier alpha value is -3.06. The number of pyridine rings is 2. The molecular formula is C20H19N3O3S. The van der Waals surface area contributed by atoms with Gasteiger partial charge in [0.05, 0.1) is 4.90 Å². The summed E-state index contributed by atoms with van der Waals surface area (Å²) < 4.78 is 26.4. The van der Waals surface area contributed by atoms with Crippen molar-refractivity contribution in [3.63, 3.8) is 0 Å². The van der Waals surface area contributed by atoms with Crippen molar-refractivity contribution in [3.05, 3.63) is 90.0 Å². The van der Waals surface area contributed by atoms with Crippen LogP contribution >= 0.6 is 0 Å². The predicted octanol–water partition coefficient (Wildman–Crippen LogP) is 2.73. The van der Waals surface area contributed by atoms with Crippen LogP contribution in [0.3, 0.4) is 0 Å². The Morgan fingerprint density at radius 3 is 2.33 bits per heavy atom. The zero-order valence-electron chi connectivity index (χ0n) is 14.7. The molecule has 0 unspecified atom stereocenters. The lowest BCUT2D eigenvalue weighted by molar-refractivity contribution is 0.0953. The van der Waals surface area contributed by atoms with Gasteiger partial charge in [0.1, 0.15) is 5.25 Å². The van der Waals surface area contributed by atoms with Gasteiger partial charge >= 0.3 is 0 Å². The fraction of sp³-hybridized carbons (Fsp3) is 0.150. The Kier molecular flexibility index (Phi) is 5.61. The number of carbonyl (C=O) groups is 1. The van der Waals surface area contributed by atoms with Crippen LogP contribution in [0.25, 0.3) is 0 Å². The van der Waals surface area contributed by atoms with E-state index in [0.29, 0.717) is 11.1 Å². The van der Waals surface area contributed by atoms with Crippen LogP contribution in [-0.4, -0.2) is 30.8 Å². The minimum Gasteiger partial charge on any atom is -0.350 e. The molecule has 1 aromatic carbocycles. The molecule has 7 heteroatoms. The van der Waals surface area contributed by atoms with E-state index in [1.807, 2.05) is 6.92 Å². The van der Waals surface area contributed by atoms with Gasteiger partial charge in [-0.1, -0.05) is 23.8 Å². The molecule has 1 amide bonds. The number of aryl methyl sites for hydroxylation is 1. The Balaban J connectivity index is 1.90. The van der Waals surface area contributed by atoms with Gasteiger partial charge in [-0.05, 0) is 42.8 Å². The van der Waals surface area contributed by atoms with Gasteiger partial charge in [-0.2, -0.15) is 0 Å². The topological polar surface area (TPSA) is 89.0 Å². The molecular weight excluding hydrogens is 362 g/mol. The minimum atomic E-state index is -3.72. The van der Waals surface area contributed by atoms with Crippen molar-refractivity contribution in [2.45, 2.75) is 17.1 Å². The van der Waals surface area contributed by atoms with Gasteiger partial charge in [0.25, 0.3) is 5.91 Å². The van der Waals surface area contributed by atoms with Crippen molar-refractivity contribution in [2.24, 2.45) is 0 Å². The van der Waals surface area contributed by atoms with E-state index in [1.54, 1.807) is 54.7 Å². The second-order valence-corrected chi connectivity index (χ2v) is 8.21. The van der Waals surface area contributed by atoms with Crippen molar-refractivity contribution >= 4 is 15.7 Å². The number of benzene rings is 1. The fourth-order valence-corrected chi connectivity index (χ4v) is 4.30. The Morgan fingerprint density at radius 1 is 1.00 bits per heavy atom. The maximum atomic E-state index is 13.2. The van der Waals surface area contributed by atoms with E-state index >= 15 is 0 Å². The summed E-state index contributed by atoms with van der Waals surface area (Å²) in [5, 5.41) is 1.77. The third-order valence-electron chi connectivity index (χ3n) is 4.17. The Morgan fingerprint density at radius 2 is 1.70 bits per heavy atom. The molecule has 0 spiro atoms. The molecule has 6 nitrogen and oxygen atoms in total. The van der Waals surface area contributed by atoms with Crippen molar-refractivity contribution in [1.29, 1.82) is 0 Å². The second-order valence-electron chi connectivity index (χ2n) is 6.08. The number of hydrogen-bond acceptors (Lipinski definition) is 5. The average Bonchev–Trinajstić information content (AvgIpc) is 2.69. The molecule has 0 aliphatic heterocycles. The van der Waals surface area contributed by atoms with E-state index in [4.69, 9.17) is 0 Å². The molecule has 2 heterocycles. The molecule has 0 bridgehead atoms. The van der Waals surface area contributed by atoms with Gasteiger partial charge in [-0.15, -0.1) is 0 Å². The molecule has 0 aliphatic carbocycles. The summed E-state index contributed by atoms with van der Waals surface area (Å²) in [6.07, 6.45) is 6.11. The highest BCUT2D eigenvalue weighted by atomic mass is 32.2. The normalized spacial score (nSPS) is 12.3. The molecule has 0 saturated carbocycles. The summed E-state index contributed by atoms with van der Waals surface area (Å²) in [6, 6.07) is 13.2. The summed E-state index contributed by atoms with van der Waals surface area (Å²) in [5.41, 5.74) is 1.91. The predicted molar refractivity (Wildman–Crippen MR) is 102 cm³/mol. The molecule has 0 fully saturated rings. The third kappa shape index (κ3) is 4.38. The van der Waals surface area contributed by atoms with E-state index in [9.17, 15) is 13.2 Å². The highest BCUT2D eigenvalue weighted by molar-refractivity contribution is 7.91. The van der Waals surface area contributed by atoms with Gasteiger partial charge in [0.15, 0.2) is 9.84 Å². The van der Waals surface area contributed by atoms with E-state index in [1.165, 1.54) is 18.6 Å². The lowest BCUT2D eigenvalue weighted by atomic mass is 10.2. The molecule has 3 rings (SSSR count). The van der Waals surface area contributed by atoms with E-state index < -0.39 is 15.1 Å². The largest absolute Gasteiger partial charge is 0.350 e. The van der Waals surface area contributed by atoms with Gasteiger partial charge in [0, 0.05) is 36.9 Å². The average molecular weight is 381 g/mol. The highest BCUT2D eigenvalue weighted by Gasteiger charge is 2.30. The molecule has 1 N–H and O–H groups in total. The second kappa shape index (κ2) is 8.09. The summed E-state index contributed by atoms with van der Waals surface area (Å²) in [7, 11) is -3.72. The SMILES string of the molecule is Cc1ccc(S(=O)(=O)[C@@H](CNC(=O)c2ccncc2)c2cccnc2)cc1. The van der Waals surface area contributed by atoms with Crippen LogP contribution in [0, 0.1) is 6.92 Å². The fourth-order valence-electron chi connectivity index (χ4n) is 2.66. The summed E-state index contributed by atoms with van der Waals surface area (Å²) >= 11 is 0. The van der Waals surface area contributed by atoms with Crippen LogP contribution in [-0.2, 0) is 9.84 Å². The highest BCUT2D eigenvalue weighted by Crippen LogP contribution is 2.28. The first-order valence-electron chi connectivity index (χ1n) is 8.37. The van der Waals surface area contributed by atoms with Crippen LogP contribution in [0.4, 0.5) is 0 Å².